The first-order valence-electron chi connectivity index (χ1n) is 17.0. The van der Waals surface area contributed by atoms with Crippen molar-refractivity contribution >= 4 is 23.6 Å². The van der Waals surface area contributed by atoms with Crippen LogP contribution in [-0.2, 0) is 22.4 Å². The highest BCUT2D eigenvalue weighted by Gasteiger charge is 2.33. The molecule has 2 atom stereocenters. The predicted octanol–water partition coefficient (Wildman–Crippen LogP) is 6.40. The maximum atomic E-state index is 13.4. The zero-order valence-corrected chi connectivity index (χ0v) is 28.0. The molecule has 2 aromatic carbocycles. The fourth-order valence-electron chi connectivity index (χ4n) is 5.51. The number of carbonyl (C=O) groups excluding carboxylic acids is 4. The van der Waals surface area contributed by atoms with Gasteiger partial charge in [0.25, 0.3) is 11.8 Å². The van der Waals surface area contributed by atoms with Crippen LogP contribution in [0.15, 0.2) is 36.4 Å². The van der Waals surface area contributed by atoms with Crippen LogP contribution in [0.4, 0.5) is 0 Å². The molecule has 46 heavy (non-hydrogen) atoms. The van der Waals surface area contributed by atoms with Gasteiger partial charge in [-0.25, -0.2) is 0 Å². The molecule has 2 unspecified atom stereocenters. The Kier molecular flexibility index (Phi) is 17.3. The van der Waals surface area contributed by atoms with E-state index in [9.17, 15) is 29.4 Å². The maximum absolute atomic E-state index is 13.4. The van der Waals surface area contributed by atoms with Gasteiger partial charge in [-0.05, 0) is 73.9 Å². The van der Waals surface area contributed by atoms with E-state index < -0.39 is 35.5 Å². The summed E-state index contributed by atoms with van der Waals surface area (Å²) in [5, 5.41) is 20.6. The first-order valence-corrected chi connectivity index (χ1v) is 17.0. The Morgan fingerprint density at radius 3 is 1.43 bits per heavy atom. The number of aryl methyl sites for hydroxylation is 2. The molecular formula is C36H54N4O6. The van der Waals surface area contributed by atoms with Crippen LogP contribution in [0, 0.1) is 11.8 Å². The van der Waals surface area contributed by atoms with E-state index in [1.807, 2.05) is 0 Å². The molecule has 2 rings (SSSR count). The number of rotatable bonds is 19. The number of hydrogen-bond acceptors (Lipinski definition) is 6. The number of hydrazine groups is 2. The summed E-state index contributed by atoms with van der Waals surface area (Å²) in [7, 11) is 0. The number of phenolic OH excluding ortho intramolecular Hbond substituents is 2. The average Bonchev–Trinajstić information content (AvgIpc) is 3.05. The van der Waals surface area contributed by atoms with E-state index in [-0.39, 0.29) is 22.6 Å². The number of hydrogen-bond donors (Lipinski definition) is 6. The minimum absolute atomic E-state index is 0.0524. The van der Waals surface area contributed by atoms with Gasteiger partial charge >= 0.3 is 0 Å². The second kappa shape index (κ2) is 20.9. The van der Waals surface area contributed by atoms with Crippen LogP contribution in [0.1, 0.15) is 137 Å². The zero-order chi connectivity index (χ0) is 33.9. The van der Waals surface area contributed by atoms with Crippen LogP contribution in [-0.4, -0.2) is 33.8 Å². The summed E-state index contributed by atoms with van der Waals surface area (Å²) >= 11 is 0. The van der Waals surface area contributed by atoms with E-state index in [2.05, 4.69) is 42.5 Å². The number of benzene rings is 2. The molecule has 0 aliphatic carbocycles. The Bertz CT molecular complexity index is 1280. The van der Waals surface area contributed by atoms with Crippen LogP contribution in [0.3, 0.4) is 0 Å². The van der Waals surface area contributed by atoms with Crippen molar-refractivity contribution in [2.24, 2.45) is 11.8 Å². The Labute approximate surface area is 274 Å². The summed E-state index contributed by atoms with van der Waals surface area (Å²) in [5.41, 5.74) is 11.6. The lowest BCUT2D eigenvalue weighted by molar-refractivity contribution is -0.136. The number of carbonyl (C=O) groups is 4. The highest BCUT2D eigenvalue weighted by Crippen LogP contribution is 2.25. The van der Waals surface area contributed by atoms with Crippen LogP contribution < -0.4 is 21.7 Å². The number of phenols is 2. The van der Waals surface area contributed by atoms with Crippen molar-refractivity contribution in [3.05, 3.63) is 58.7 Å². The molecule has 4 amide bonds. The van der Waals surface area contributed by atoms with Crippen molar-refractivity contribution < 1.29 is 29.4 Å². The van der Waals surface area contributed by atoms with Gasteiger partial charge in [0.05, 0.1) is 23.0 Å². The van der Waals surface area contributed by atoms with E-state index in [4.69, 9.17) is 0 Å². The van der Waals surface area contributed by atoms with Gasteiger partial charge in [0, 0.05) is 0 Å². The largest absolute Gasteiger partial charge is 0.507 e. The SMILES string of the molecule is CCCCCCC(C(=O)NNC(=O)c1cc(CCCCC)ccc1O)C(CC)C(=O)NNC(=O)c1cc(CCCCC)ccc1O. The second-order valence-electron chi connectivity index (χ2n) is 12.0. The van der Waals surface area contributed by atoms with Gasteiger partial charge in [0.2, 0.25) is 11.8 Å². The summed E-state index contributed by atoms with van der Waals surface area (Å²) in [5.74, 6) is -4.38. The van der Waals surface area contributed by atoms with E-state index in [0.717, 1.165) is 81.8 Å². The topological polar surface area (TPSA) is 157 Å². The molecule has 0 aliphatic rings. The number of amides is 4. The normalized spacial score (nSPS) is 12.2. The van der Waals surface area contributed by atoms with Crippen molar-refractivity contribution in [3.8, 4) is 11.5 Å². The van der Waals surface area contributed by atoms with Crippen molar-refractivity contribution in [1.82, 2.24) is 21.7 Å². The monoisotopic (exact) mass is 638 g/mol. The fraction of sp³-hybridized carbons (Fsp3) is 0.556. The van der Waals surface area contributed by atoms with Gasteiger partial charge in [-0.2, -0.15) is 0 Å². The van der Waals surface area contributed by atoms with Gasteiger partial charge in [0.15, 0.2) is 0 Å². The predicted molar refractivity (Wildman–Crippen MR) is 180 cm³/mol. The zero-order valence-electron chi connectivity index (χ0n) is 28.0. The smallest absolute Gasteiger partial charge is 0.273 e. The Hall–Kier alpha value is -4.08. The third kappa shape index (κ3) is 12.4. The van der Waals surface area contributed by atoms with Gasteiger partial charge in [0.1, 0.15) is 11.5 Å². The second-order valence-corrected chi connectivity index (χ2v) is 12.0. The molecule has 0 aliphatic heterocycles. The Morgan fingerprint density at radius 2 is 1.00 bits per heavy atom. The summed E-state index contributed by atoms with van der Waals surface area (Å²) in [4.78, 5) is 52.6. The number of nitrogens with one attached hydrogen (secondary N) is 4. The lowest BCUT2D eigenvalue weighted by Crippen LogP contribution is -2.51. The fourth-order valence-corrected chi connectivity index (χ4v) is 5.51. The highest BCUT2D eigenvalue weighted by atomic mass is 16.3. The van der Waals surface area contributed by atoms with E-state index in [1.54, 1.807) is 31.2 Å². The van der Waals surface area contributed by atoms with Gasteiger partial charge in [-0.3, -0.25) is 40.9 Å². The van der Waals surface area contributed by atoms with Crippen LogP contribution in [0.5, 0.6) is 11.5 Å². The molecule has 0 bridgehead atoms. The molecule has 6 N–H and O–H groups in total. The van der Waals surface area contributed by atoms with Gasteiger partial charge < -0.3 is 10.2 Å². The quantitative estimate of drug-likeness (QED) is 0.0773. The van der Waals surface area contributed by atoms with Crippen LogP contribution >= 0.6 is 0 Å². The summed E-state index contributed by atoms with van der Waals surface area (Å²) in [6.45, 7) is 8.08. The molecule has 10 heteroatoms. The maximum Gasteiger partial charge on any atom is 0.273 e. The lowest BCUT2D eigenvalue weighted by atomic mass is 9.84. The Morgan fingerprint density at radius 1 is 0.565 bits per heavy atom. The summed E-state index contributed by atoms with van der Waals surface area (Å²) in [6.07, 6.45) is 12.0. The van der Waals surface area contributed by atoms with E-state index in [0.29, 0.717) is 19.3 Å². The molecule has 0 spiro atoms. The third-order valence-corrected chi connectivity index (χ3v) is 8.32. The highest BCUT2D eigenvalue weighted by molar-refractivity contribution is 5.99. The van der Waals surface area contributed by atoms with Crippen molar-refractivity contribution in [2.45, 2.75) is 118 Å². The molecule has 0 fully saturated rings. The molecule has 0 saturated carbocycles. The van der Waals surface area contributed by atoms with Crippen molar-refractivity contribution in [1.29, 1.82) is 0 Å². The number of aromatic hydroxyl groups is 2. The standard InChI is InChI=1S/C36H54N4O6/c1-5-9-12-15-18-28(34(44)38-40-36(46)30-24-26(17-14-11-7-3)20-22-32(30)42)27(8-4)33(43)37-39-35(45)29-23-25(16-13-10-6-2)19-21-31(29)41/h19-24,27-28,41-42H,5-18H2,1-4H3,(H,37,43)(H,38,44)(H,39,45)(H,40,46). The minimum atomic E-state index is -0.803. The first kappa shape index (κ1) is 38.1. The molecule has 0 saturated heterocycles. The molecular weight excluding hydrogens is 584 g/mol. The van der Waals surface area contributed by atoms with Gasteiger partial charge in [-0.15, -0.1) is 0 Å². The Balaban J connectivity index is 2.11. The molecule has 2 aromatic rings. The lowest BCUT2D eigenvalue weighted by Gasteiger charge is -2.25. The molecule has 254 valence electrons. The molecule has 0 radical (unpaired) electrons. The van der Waals surface area contributed by atoms with Gasteiger partial charge in [-0.1, -0.05) is 91.2 Å². The van der Waals surface area contributed by atoms with Crippen LogP contribution in [0.25, 0.3) is 0 Å². The van der Waals surface area contributed by atoms with Crippen molar-refractivity contribution in [2.75, 3.05) is 0 Å². The molecule has 0 aromatic heterocycles. The van der Waals surface area contributed by atoms with E-state index >= 15 is 0 Å². The summed E-state index contributed by atoms with van der Waals surface area (Å²) < 4.78 is 0. The molecule has 10 nitrogen and oxygen atoms in total. The third-order valence-electron chi connectivity index (χ3n) is 8.32. The minimum Gasteiger partial charge on any atom is -0.507 e. The average molecular weight is 639 g/mol. The van der Waals surface area contributed by atoms with Crippen molar-refractivity contribution in [3.63, 3.8) is 0 Å². The van der Waals surface area contributed by atoms with Crippen LogP contribution in [0.2, 0.25) is 0 Å². The molecule has 0 heterocycles. The number of unbranched alkanes of at least 4 members (excludes halogenated alkanes) is 7. The summed E-state index contributed by atoms with van der Waals surface area (Å²) in [6, 6.07) is 9.75. The van der Waals surface area contributed by atoms with E-state index in [1.165, 1.54) is 12.1 Å². The first-order chi connectivity index (χ1) is 22.2.